The standard InChI is InChI=1S/C13H17ClN2O4/c1-19-8-6-15-10-11-3-4-13(20-7-2-5-14)12(9-11)16(17)18/h2-5,9,15H,6-8,10H2,1H3. The van der Waals surface area contributed by atoms with Gasteiger partial charge in [0.15, 0.2) is 5.75 Å². The van der Waals surface area contributed by atoms with Crippen LogP contribution in [0.1, 0.15) is 5.56 Å². The molecule has 1 N–H and O–H groups in total. The van der Waals surface area contributed by atoms with E-state index >= 15 is 0 Å². The summed E-state index contributed by atoms with van der Waals surface area (Å²) in [6.07, 6.45) is 1.56. The Bertz CT molecular complexity index is 466. The van der Waals surface area contributed by atoms with Gasteiger partial charge in [-0.1, -0.05) is 17.7 Å². The first-order valence-corrected chi connectivity index (χ1v) is 6.47. The average Bonchev–Trinajstić information content (AvgIpc) is 2.44. The van der Waals surface area contributed by atoms with Gasteiger partial charge in [0.1, 0.15) is 6.61 Å². The Balaban J connectivity index is 2.71. The van der Waals surface area contributed by atoms with Gasteiger partial charge in [0.2, 0.25) is 0 Å². The first kappa shape index (κ1) is 16.4. The highest BCUT2D eigenvalue weighted by Gasteiger charge is 2.15. The molecule has 6 nitrogen and oxygen atoms in total. The summed E-state index contributed by atoms with van der Waals surface area (Å²) in [7, 11) is 1.62. The summed E-state index contributed by atoms with van der Waals surface area (Å²) in [5, 5.41) is 14.1. The number of rotatable bonds is 9. The zero-order valence-corrected chi connectivity index (χ0v) is 11.9. The lowest BCUT2D eigenvalue weighted by atomic mass is 10.2. The van der Waals surface area contributed by atoms with Crippen LogP contribution in [0.2, 0.25) is 0 Å². The number of hydrogen-bond acceptors (Lipinski definition) is 5. The first-order chi connectivity index (χ1) is 9.69. The maximum Gasteiger partial charge on any atom is 0.311 e. The van der Waals surface area contributed by atoms with Crippen molar-refractivity contribution in [1.82, 2.24) is 5.32 Å². The molecule has 1 rings (SSSR count). The zero-order chi connectivity index (χ0) is 14.8. The van der Waals surface area contributed by atoms with Crippen molar-refractivity contribution in [3.8, 4) is 5.75 Å². The largest absolute Gasteiger partial charge is 0.483 e. The number of methoxy groups -OCH3 is 1. The van der Waals surface area contributed by atoms with Crippen molar-refractivity contribution in [3.63, 3.8) is 0 Å². The van der Waals surface area contributed by atoms with E-state index in [1.807, 2.05) is 0 Å². The quantitative estimate of drug-likeness (QED) is 0.431. The Morgan fingerprint density at radius 2 is 2.30 bits per heavy atom. The molecule has 0 heterocycles. The summed E-state index contributed by atoms with van der Waals surface area (Å²) in [6.45, 7) is 2.00. The number of halogens is 1. The Morgan fingerprint density at radius 3 is 2.95 bits per heavy atom. The van der Waals surface area contributed by atoms with Crippen LogP contribution in [0.15, 0.2) is 29.8 Å². The van der Waals surface area contributed by atoms with Crippen LogP contribution >= 0.6 is 11.6 Å². The van der Waals surface area contributed by atoms with Crippen LogP contribution in [0.3, 0.4) is 0 Å². The lowest BCUT2D eigenvalue weighted by Crippen LogP contribution is -2.18. The molecule has 0 saturated heterocycles. The van der Waals surface area contributed by atoms with Crippen molar-refractivity contribution in [3.05, 3.63) is 45.5 Å². The first-order valence-electron chi connectivity index (χ1n) is 6.04. The van der Waals surface area contributed by atoms with Gasteiger partial charge in [-0.3, -0.25) is 10.1 Å². The van der Waals surface area contributed by atoms with E-state index in [4.69, 9.17) is 21.1 Å². The predicted octanol–water partition coefficient (Wildman–Crippen LogP) is 2.46. The highest BCUT2D eigenvalue weighted by molar-refractivity contribution is 6.25. The van der Waals surface area contributed by atoms with Crippen LogP contribution in [0, 0.1) is 10.1 Å². The normalized spacial score (nSPS) is 10.9. The molecule has 7 heteroatoms. The molecule has 0 fully saturated rings. The minimum atomic E-state index is -0.460. The van der Waals surface area contributed by atoms with Crippen LogP contribution in [0.4, 0.5) is 5.69 Å². The second-order valence-corrected chi connectivity index (χ2v) is 4.15. The van der Waals surface area contributed by atoms with Gasteiger partial charge in [0.25, 0.3) is 0 Å². The van der Waals surface area contributed by atoms with E-state index in [9.17, 15) is 10.1 Å². The number of ether oxygens (including phenoxy) is 2. The molecule has 0 bridgehead atoms. The van der Waals surface area contributed by atoms with Crippen LogP contribution < -0.4 is 10.1 Å². The van der Waals surface area contributed by atoms with Crippen molar-refractivity contribution < 1.29 is 14.4 Å². The fraction of sp³-hybridized carbons (Fsp3) is 0.385. The summed E-state index contributed by atoms with van der Waals surface area (Å²) in [5.74, 6) is 0.227. The Labute approximate surface area is 122 Å². The van der Waals surface area contributed by atoms with E-state index < -0.39 is 4.92 Å². The summed E-state index contributed by atoms with van der Waals surface area (Å²) < 4.78 is 10.2. The van der Waals surface area contributed by atoms with Crippen LogP contribution in [-0.4, -0.2) is 31.8 Å². The molecule has 0 saturated carbocycles. The molecule has 0 aliphatic carbocycles. The van der Waals surface area contributed by atoms with E-state index in [1.165, 1.54) is 11.6 Å². The fourth-order valence-electron chi connectivity index (χ4n) is 1.52. The average molecular weight is 301 g/mol. The van der Waals surface area contributed by atoms with Gasteiger partial charge in [-0.05, 0) is 17.7 Å². The molecule has 1 aromatic rings. The minimum absolute atomic E-state index is 0.0565. The maximum atomic E-state index is 11.0. The summed E-state index contributed by atoms with van der Waals surface area (Å²) in [5.41, 5.74) is 2.06. The van der Waals surface area contributed by atoms with E-state index in [2.05, 4.69) is 5.32 Å². The van der Waals surface area contributed by atoms with Gasteiger partial charge in [-0.2, -0.15) is 0 Å². The van der Waals surface area contributed by atoms with Gasteiger partial charge in [0, 0.05) is 31.8 Å². The smallest absolute Gasteiger partial charge is 0.311 e. The molecule has 0 aromatic heterocycles. The van der Waals surface area contributed by atoms with Gasteiger partial charge in [0.05, 0.1) is 11.5 Å². The summed E-state index contributed by atoms with van der Waals surface area (Å²) in [4.78, 5) is 10.6. The Morgan fingerprint density at radius 1 is 1.50 bits per heavy atom. The third-order valence-corrected chi connectivity index (χ3v) is 2.63. The minimum Gasteiger partial charge on any atom is -0.483 e. The van der Waals surface area contributed by atoms with Crippen LogP contribution in [0.5, 0.6) is 5.75 Å². The van der Waals surface area contributed by atoms with Crippen molar-refractivity contribution in [2.45, 2.75) is 6.54 Å². The van der Waals surface area contributed by atoms with Crippen molar-refractivity contribution in [2.24, 2.45) is 0 Å². The van der Waals surface area contributed by atoms with Gasteiger partial charge >= 0.3 is 5.69 Å². The molecule has 0 amide bonds. The lowest BCUT2D eigenvalue weighted by Gasteiger charge is -2.07. The summed E-state index contributed by atoms with van der Waals surface area (Å²) in [6, 6.07) is 4.87. The Hall–Kier alpha value is -1.63. The maximum absolute atomic E-state index is 11.0. The number of nitrogens with one attached hydrogen (secondary N) is 1. The van der Waals surface area contributed by atoms with Crippen molar-refractivity contribution in [2.75, 3.05) is 26.9 Å². The fourth-order valence-corrected chi connectivity index (χ4v) is 1.59. The molecule has 0 aliphatic heterocycles. The molecule has 0 spiro atoms. The topological polar surface area (TPSA) is 73.6 Å². The molecule has 1 aromatic carbocycles. The summed E-state index contributed by atoms with van der Waals surface area (Å²) >= 11 is 5.37. The van der Waals surface area contributed by atoms with E-state index in [0.29, 0.717) is 19.7 Å². The molecule has 110 valence electrons. The SMILES string of the molecule is COCCNCc1ccc(OCC=CCl)c([N+](=O)[O-])c1. The third kappa shape index (κ3) is 5.56. The number of hydrogen-bond donors (Lipinski definition) is 1. The number of nitro benzene ring substituents is 1. The van der Waals surface area contributed by atoms with E-state index in [1.54, 1.807) is 25.3 Å². The predicted molar refractivity (Wildman–Crippen MR) is 77.2 cm³/mol. The highest BCUT2D eigenvalue weighted by Crippen LogP contribution is 2.28. The zero-order valence-electron chi connectivity index (χ0n) is 11.2. The van der Waals surface area contributed by atoms with Crippen LogP contribution in [-0.2, 0) is 11.3 Å². The second-order valence-electron chi connectivity index (χ2n) is 3.90. The van der Waals surface area contributed by atoms with Crippen LogP contribution in [0.25, 0.3) is 0 Å². The second kappa shape index (κ2) is 9.30. The highest BCUT2D eigenvalue weighted by atomic mass is 35.5. The van der Waals surface area contributed by atoms with Gasteiger partial charge < -0.3 is 14.8 Å². The molecular weight excluding hydrogens is 284 g/mol. The van der Waals surface area contributed by atoms with Crippen molar-refractivity contribution >= 4 is 17.3 Å². The molecule has 0 radical (unpaired) electrons. The molecule has 0 unspecified atom stereocenters. The van der Waals surface area contributed by atoms with E-state index in [-0.39, 0.29) is 18.0 Å². The lowest BCUT2D eigenvalue weighted by molar-refractivity contribution is -0.385. The third-order valence-electron chi connectivity index (χ3n) is 2.46. The molecular formula is C13H17ClN2O4. The van der Waals surface area contributed by atoms with Gasteiger partial charge in [-0.25, -0.2) is 0 Å². The van der Waals surface area contributed by atoms with Crippen molar-refractivity contribution in [1.29, 1.82) is 0 Å². The Kier molecular flexibility index (Phi) is 7.64. The number of benzene rings is 1. The van der Waals surface area contributed by atoms with E-state index in [0.717, 1.165) is 5.56 Å². The van der Waals surface area contributed by atoms with Gasteiger partial charge in [-0.15, -0.1) is 0 Å². The molecule has 0 atom stereocenters. The monoisotopic (exact) mass is 300 g/mol. The number of nitro groups is 1. The number of nitrogens with zero attached hydrogens (tertiary/aromatic N) is 1. The molecule has 0 aliphatic rings. The molecule has 20 heavy (non-hydrogen) atoms.